The van der Waals surface area contributed by atoms with Crippen LogP contribution >= 0.6 is 23.1 Å². The molecule has 0 aliphatic rings. The van der Waals surface area contributed by atoms with Crippen LogP contribution in [0, 0.1) is 5.82 Å². The van der Waals surface area contributed by atoms with Gasteiger partial charge in [-0.1, -0.05) is 12.1 Å². The Kier molecular flexibility index (Phi) is 7.11. The van der Waals surface area contributed by atoms with Gasteiger partial charge in [0, 0.05) is 21.5 Å². The zero-order valence-electron chi connectivity index (χ0n) is 16.0. The molecular formula is C21H20FNO4S2. The van der Waals surface area contributed by atoms with Gasteiger partial charge in [0.2, 0.25) is 5.91 Å². The fourth-order valence-corrected chi connectivity index (χ4v) is 4.54. The molecule has 3 aromatic rings. The Morgan fingerprint density at radius 3 is 2.62 bits per heavy atom. The molecule has 0 saturated heterocycles. The second-order valence-corrected chi connectivity index (χ2v) is 8.10. The molecule has 8 heteroatoms. The number of ether oxygens (including phenoxy) is 2. The van der Waals surface area contributed by atoms with Crippen molar-refractivity contribution in [3.05, 3.63) is 58.7 Å². The summed E-state index contributed by atoms with van der Waals surface area (Å²) in [5, 5.41) is 3.62. The van der Waals surface area contributed by atoms with E-state index in [0.29, 0.717) is 28.7 Å². The molecule has 1 amide bonds. The largest absolute Gasteiger partial charge is 0.491 e. The monoisotopic (exact) mass is 433 g/mol. The van der Waals surface area contributed by atoms with Crippen LogP contribution < -0.4 is 10.1 Å². The van der Waals surface area contributed by atoms with Gasteiger partial charge in [-0.3, -0.25) is 4.79 Å². The summed E-state index contributed by atoms with van der Waals surface area (Å²) in [4.78, 5) is 24.7. The molecule has 0 radical (unpaired) electrons. The van der Waals surface area contributed by atoms with Crippen LogP contribution in [0.5, 0.6) is 5.75 Å². The van der Waals surface area contributed by atoms with Crippen LogP contribution in [0.2, 0.25) is 0 Å². The van der Waals surface area contributed by atoms with Crippen molar-refractivity contribution < 1.29 is 23.5 Å². The molecule has 152 valence electrons. The van der Waals surface area contributed by atoms with Crippen molar-refractivity contribution in [2.75, 3.05) is 24.8 Å². The molecule has 5 nitrogen and oxygen atoms in total. The quantitative estimate of drug-likeness (QED) is 0.501. The molecule has 0 saturated carbocycles. The number of anilines is 1. The van der Waals surface area contributed by atoms with Crippen LogP contribution in [0.15, 0.2) is 42.5 Å². The van der Waals surface area contributed by atoms with E-state index in [2.05, 4.69) is 5.32 Å². The lowest BCUT2D eigenvalue weighted by molar-refractivity contribution is -0.113. The number of fused-ring (bicyclic) bond motifs is 1. The number of rotatable bonds is 8. The van der Waals surface area contributed by atoms with E-state index < -0.39 is 5.97 Å². The molecule has 1 N–H and O–H groups in total. The molecular weight excluding hydrogens is 413 g/mol. The number of hydrogen-bond acceptors (Lipinski definition) is 6. The third-order valence-electron chi connectivity index (χ3n) is 4.00. The lowest BCUT2D eigenvalue weighted by atomic mass is 10.2. The van der Waals surface area contributed by atoms with E-state index in [1.807, 2.05) is 13.0 Å². The number of carbonyl (C=O) groups excluding carboxylic acids is 2. The third-order valence-corrected chi connectivity index (χ3v) is 6.14. The Bertz CT molecular complexity index is 1020. The highest BCUT2D eigenvalue weighted by molar-refractivity contribution is 7.99. The highest BCUT2D eigenvalue weighted by atomic mass is 32.2. The number of hydrogen-bond donors (Lipinski definition) is 1. The standard InChI is InChI=1S/C21H20FNO4S2/c1-3-27-19-16-10-15(8-9-17(16)29-20(19)21(25)26-2)23-18(24)12-28-11-13-4-6-14(22)7-5-13/h4-10H,3,11-12H2,1-2H3,(H,23,24). The van der Waals surface area contributed by atoms with Crippen LogP contribution in [-0.4, -0.2) is 31.3 Å². The van der Waals surface area contributed by atoms with Gasteiger partial charge >= 0.3 is 5.97 Å². The number of thiophene rings is 1. The van der Waals surface area contributed by atoms with Gasteiger partial charge in [0.1, 0.15) is 5.82 Å². The summed E-state index contributed by atoms with van der Waals surface area (Å²) in [5.41, 5.74) is 1.58. The molecule has 0 aliphatic carbocycles. The van der Waals surface area contributed by atoms with Crippen LogP contribution in [0.1, 0.15) is 22.2 Å². The first kappa shape index (κ1) is 21.1. The smallest absolute Gasteiger partial charge is 0.351 e. The van der Waals surface area contributed by atoms with Gasteiger partial charge in [-0.2, -0.15) is 0 Å². The summed E-state index contributed by atoms with van der Waals surface area (Å²) < 4.78 is 24.3. The van der Waals surface area contributed by atoms with Crippen molar-refractivity contribution in [3.8, 4) is 5.75 Å². The average Bonchev–Trinajstić information content (AvgIpc) is 3.07. The van der Waals surface area contributed by atoms with Gasteiger partial charge < -0.3 is 14.8 Å². The van der Waals surface area contributed by atoms with Gasteiger partial charge in [0.05, 0.1) is 19.5 Å². The van der Waals surface area contributed by atoms with Crippen LogP contribution in [-0.2, 0) is 15.3 Å². The van der Waals surface area contributed by atoms with Crippen molar-refractivity contribution in [1.29, 1.82) is 0 Å². The zero-order chi connectivity index (χ0) is 20.8. The van der Waals surface area contributed by atoms with Crippen molar-refractivity contribution in [2.24, 2.45) is 0 Å². The number of benzene rings is 2. The Labute approximate surface area is 176 Å². The van der Waals surface area contributed by atoms with E-state index in [9.17, 15) is 14.0 Å². The number of amides is 1. The summed E-state index contributed by atoms with van der Waals surface area (Å²) in [6.07, 6.45) is 0. The Hall–Kier alpha value is -2.58. The Morgan fingerprint density at radius 2 is 1.93 bits per heavy atom. The molecule has 0 fully saturated rings. The minimum Gasteiger partial charge on any atom is -0.491 e. The maximum absolute atomic E-state index is 12.9. The topological polar surface area (TPSA) is 64.6 Å². The summed E-state index contributed by atoms with van der Waals surface area (Å²) in [6.45, 7) is 2.25. The average molecular weight is 434 g/mol. The predicted molar refractivity (Wildman–Crippen MR) is 116 cm³/mol. The maximum atomic E-state index is 12.9. The summed E-state index contributed by atoms with van der Waals surface area (Å²) >= 11 is 2.74. The number of esters is 1. The lowest BCUT2D eigenvalue weighted by Crippen LogP contribution is -2.14. The molecule has 1 heterocycles. The summed E-state index contributed by atoms with van der Waals surface area (Å²) in [5.74, 6) is 0.498. The van der Waals surface area contributed by atoms with Crippen LogP contribution in [0.25, 0.3) is 10.1 Å². The van der Waals surface area contributed by atoms with Gasteiger partial charge in [0.25, 0.3) is 0 Å². The second kappa shape index (κ2) is 9.76. The van der Waals surface area contributed by atoms with Crippen LogP contribution in [0.4, 0.5) is 10.1 Å². The molecule has 1 aromatic heterocycles. The van der Waals surface area contributed by atoms with Gasteiger partial charge in [0.15, 0.2) is 10.6 Å². The Balaban J connectivity index is 1.67. The highest BCUT2D eigenvalue weighted by Crippen LogP contribution is 2.39. The summed E-state index contributed by atoms with van der Waals surface area (Å²) in [6, 6.07) is 11.7. The minimum absolute atomic E-state index is 0.141. The van der Waals surface area contributed by atoms with Crippen molar-refractivity contribution >= 4 is 50.7 Å². The molecule has 29 heavy (non-hydrogen) atoms. The zero-order valence-corrected chi connectivity index (χ0v) is 17.6. The lowest BCUT2D eigenvalue weighted by Gasteiger charge is -2.07. The molecule has 0 unspecified atom stereocenters. The fraction of sp³-hybridized carbons (Fsp3) is 0.238. The number of thioether (sulfide) groups is 1. The first-order valence-electron chi connectivity index (χ1n) is 8.91. The maximum Gasteiger partial charge on any atom is 0.351 e. The SMILES string of the molecule is CCOc1c(C(=O)OC)sc2ccc(NC(=O)CSCc3ccc(F)cc3)cc12. The molecule has 0 spiro atoms. The molecule has 0 atom stereocenters. The number of carbonyl (C=O) groups is 2. The first-order chi connectivity index (χ1) is 14.0. The van der Waals surface area contributed by atoms with Crippen molar-refractivity contribution in [1.82, 2.24) is 0 Å². The van der Waals surface area contributed by atoms with E-state index in [0.717, 1.165) is 15.6 Å². The van der Waals surface area contributed by atoms with Gasteiger partial charge in [-0.15, -0.1) is 23.1 Å². The molecule has 0 aliphatic heterocycles. The van der Waals surface area contributed by atoms with E-state index in [4.69, 9.17) is 9.47 Å². The number of nitrogens with one attached hydrogen (secondary N) is 1. The van der Waals surface area contributed by atoms with E-state index in [1.165, 1.54) is 42.3 Å². The van der Waals surface area contributed by atoms with E-state index in [1.54, 1.807) is 24.3 Å². The summed E-state index contributed by atoms with van der Waals surface area (Å²) in [7, 11) is 1.33. The number of halogens is 1. The van der Waals surface area contributed by atoms with Gasteiger partial charge in [-0.25, -0.2) is 9.18 Å². The van der Waals surface area contributed by atoms with Crippen molar-refractivity contribution in [2.45, 2.75) is 12.7 Å². The second-order valence-electron chi connectivity index (χ2n) is 6.06. The number of methoxy groups -OCH3 is 1. The first-order valence-corrected chi connectivity index (χ1v) is 10.9. The van der Waals surface area contributed by atoms with E-state index in [-0.39, 0.29) is 17.5 Å². The fourth-order valence-electron chi connectivity index (χ4n) is 2.71. The normalized spacial score (nSPS) is 10.7. The predicted octanol–water partition coefficient (Wildman–Crippen LogP) is 5.10. The van der Waals surface area contributed by atoms with Gasteiger partial charge in [-0.05, 0) is 42.8 Å². The molecule has 3 rings (SSSR count). The van der Waals surface area contributed by atoms with E-state index >= 15 is 0 Å². The minimum atomic E-state index is -0.447. The van der Waals surface area contributed by atoms with Crippen molar-refractivity contribution in [3.63, 3.8) is 0 Å². The highest BCUT2D eigenvalue weighted by Gasteiger charge is 2.20. The molecule has 2 aromatic carbocycles. The third kappa shape index (κ3) is 5.27. The van der Waals surface area contributed by atoms with Crippen LogP contribution in [0.3, 0.4) is 0 Å². The Morgan fingerprint density at radius 1 is 1.17 bits per heavy atom. The molecule has 0 bridgehead atoms.